The summed E-state index contributed by atoms with van der Waals surface area (Å²) in [5.74, 6) is -2.28. The van der Waals surface area contributed by atoms with E-state index >= 15 is 0 Å². The molecular weight excluding hydrogens is 674 g/mol. The average Bonchev–Trinajstić information content (AvgIpc) is 3.42. The second-order valence-corrected chi connectivity index (χ2v) is 19.3. The number of Topliss-reactive ketones (excluding diaryl/α,β-unsaturated/α-hetero) is 1. The third-order valence-electron chi connectivity index (χ3n) is 13.1. The first kappa shape index (κ1) is 42.5. The molecule has 300 valence electrons. The molecule has 0 aromatic carbocycles. The van der Waals surface area contributed by atoms with Crippen molar-refractivity contribution in [3.05, 3.63) is 0 Å². The highest BCUT2D eigenvalue weighted by molar-refractivity contribution is 6.37. The van der Waals surface area contributed by atoms with Crippen LogP contribution in [-0.2, 0) is 24.0 Å². The molecule has 4 rings (SSSR count). The van der Waals surface area contributed by atoms with Crippen LogP contribution in [0.1, 0.15) is 139 Å². The summed E-state index contributed by atoms with van der Waals surface area (Å²) < 4.78 is 0. The molecule has 5 atom stereocenters. The van der Waals surface area contributed by atoms with Crippen molar-refractivity contribution in [3.8, 4) is 0 Å². The predicted molar refractivity (Wildman–Crippen MR) is 204 cm³/mol. The number of ketones is 1. The van der Waals surface area contributed by atoms with Crippen molar-refractivity contribution >= 4 is 35.4 Å². The first-order chi connectivity index (χ1) is 24.6. The lowest BCUT2D eigenvalue weighted by Crippen LogP contribution is -2.62. The van der Waals surface area contributed by atoms with Crippen molar-refractivity contribution in [2.24, 2.45) is 45.5 Å². The van der Waals surface area contributed by atoms with Gasteiger partial charge in [0.2, 0.25) is 23.5 Å². The zero-order valence-corrected chi connectivity index (χ0v) is 33.7. The number of urea groups is 1. The lowest BCUT2D eigenvalue weighted by Gasteiger charge is -2.46. The number of primary amides is 1. The molecule has 0 aromatic heterocycles. The number of carbonyl (C=O) groups is 6. The third kappa shape index (κ3) is 9.91. The number of amides is 6. The molecule has 53 heavy (non-hydrogen) atoms. The molecular formula is C40H69N7O6. The molecule has 1 unspecified atom stereocenters. The topological polar surface area (TPSA) is 206 Å². The van der Waals surface area contributed by atoms with Gasteiger partial charge >= 0.3 is 6.03 Å². The van der Waals surface area contributed by atoms with E-state index in [1.165, 1.54) is 0 Å². The molecule has 1 saturated heterocycles. The summed E-state index contributed by atoms with van der Waals surface area (Å²) in [5.41, 5.74) is 9.45. The van der Waals surface area contributed by atoms with Crippen LogP contribution in [0.4, 0.5) is 4.79 Å². The molecule has 13 heteroatoms. The van der Waals surface area contributed by atoms with Crippen LogP contribution < -0.4 is 32.7 Å². The van der Waals surface area contributed by atoms with Crippen LogP contribution in [0, 0.1) is 34.0 Å². The van der Waals surface area contributed by atoms with Crippen molar-refractivity contribution in [1.29, 1.82) is 0 Å². The molecule has 0 spiro atoms. The standard InChI is InChI=1S/C40H69N7O6/c1-24(2)39(26-16-13-17-26)21-28(33(50)44-27(30(48)32(41)49)20-25-14-12-15-25)47(23-39)34(51)31(38(6,7)8)46-36(53)45-29(37(3,4)5)22-43-35(52)40(42)18-10-9-11-19-40/h24-29,31H,9-23,42H2,1-8H3,(H2,41,49)(H,43,52)(H,44,50)(H2,45,46,53)/t27?,28-,29+,31+,39+/m0/s1. The number of hydrogen-bond donors (Lipinski definition) is 6. The highest BCUT2D eigenvalue weighted by Crippen LogP contribution is 2.54. The van der Waals surface area contributed by atoms with Crippen LogP contribution in [0.3, 0.4) is 0 Å². The summed E-state index contributed by atoms with van der Waals surface area (Å²) in [7, 11) is 0. The monoisotopic (exact) mass is 744 g/mol. The van der Waals surface area contributed by atoms with E-state index in [-0.39, 0.29) is 35.6 Å². The number of rotatable bonds is 14. The van der Waals surface area contributed by atoms with Gasteiger partial charge < -0.3 is 37.6 Å². The van der Waals surface area contributed by atoms with Gasteiger partial charge in [0, 0.05) is 13.1 Å². The van der Waals surface area contributed by atoms with Gasteiger partial charge in [0.15, 0.2) is 0 Å². The Morgan fingerprint density at radius 2 is 1.42 bits per heavy atom. The fourth-order valence-corrected chi connectivity index (χ4v) is 8.83. The Hall–Kier alpha value is -3.22. The first-order valence-electron chi connectivity index (χ1n) is 20.2. The average molecular weight is 744 g/mol. The summed E-state index contributed by atoms with van der Waals surface area (Å²) >= 11 is 0. The number of hydrogen-bond acceptors (Lipinski definition) is 7. The molecule has 0 aromatic rings. The molecule has 4 fully saturated rings. The zero-order chi connectivity index (χ0) is 39.5. The minimum atomic E-state index is -1.09. The van der Waals surface area contributed by atoms with Gasteiger partial charge in [-0.25, -0.2) is 4.79 Å². The van der Waals surface area contributed by atoms with Crippen LogP contribution in [0.15, 0.2) is 0 Å². The van der Waals surface area contributed by atoms with E-state index < -0.39 is 64.2 Å². The zero-order valence-electron chi connectivity index (χ0n) is 33.7. The summed E-state index contributed by atoms with van der Waals surface area (Å²) in [6.07, 6.45) is 10.9. The summed E-state index contributed by atoms with van der Waals surface area (Å²) in [4.78, 5) is 82.7. The number of likely N-dealkylation sites (tertiary alicyclic amines) is 1. The number of carbonyl (C=O) groups excluding carboxylic acids is 6. The smallest absolute Gasteiger partial charge is 0.315 e. The van der Waals surface area contributed by atoms with Crippen molar-refractivity contribution < 1.29 is 28.8 Å². The number of nitrogens with zero attached hydrogens (tertiary/aromatic N) is 1. The second-order valence-electron chi connectivity index (χ2n) is 19.3. The van der Waals surface area contributed by atoms with Gasteiger partial charge in [-0.05, 0) is 72.5 Å². The molecule has 3 aliphatic carbocycles. The fraction of sp³-hybridized carbons (Fsp3) is 0.850. The highest BCUT2D eigenvalue weighted by Gasteiger charge is 2.56. The number of nitrogens with one attached hydrogen (secondary N) is 4. The third-order valence-corrected chi connectivity index (χ3v) is 13.1. The molecule has 0 radical (unpaired) electrons. The van der Waals surface area contributed by atoms with Crippen molar-refractivity contribution in [2.75, 3.05) is 13.1 Å². The Bertz CT molecular complexity index is 1370. The summed E-state index contributed by atoms with van der Waals surface area (Å²) in [6.45, 7) is 16.3. The Balaban J connectivity index is 1.56. The van der Waals surface area contributed by atoms with Crippen molar-refractivity contribution in [3.63, 3.8) is 0 Å². The largest absolute Gasteiger partial charge is 0.363 e. The molecule has 13 nitrogen and oxygen atoms in total. The van der Waals surface area contributed by atoms with E-state index in [0.29, 0.717) is 38.1 Å². The van der Waals surface area contributed by atoms with Gasteiger partial charge in [-0.3, -0.25) is 24.0 Å². The van der Waals surface area contributed by atoms with Gasteiger partial charge in [-0.2, -0.15) is 0 Å². The minimum absolute atomic E-state index is 0.160. The Labute approximate surface area is 317 Å². The van der Waals surface area contributed by atoms with Crippen LogP contribution >= 0.6 is 0 Å². The van der Waals surface area contributed by atoms with Crippen LogP contribution in [0.25, 0.3) is 0 Å². The van der Waals surface area contributed by atoms with E-state index in [1.54, 1.807) is 4.90 Å². The van der Waals surface area contributed by atoms with Gasteiger partial charge in [0.1, 0.15) is 12.1 Å². The van der Waals surface area contributed by atoms with E-state index in [4.69, 9.17) is 11.5 Å². The molecule has 8 N–H and O–H groups in total. The molecule has 4 aliphatic rings. The summed E-state index contributed by atoms with van der Waals surface area (Å²) in [5, 5.41) is 11.8. The quantitative estimate of drug-likeness (QED) is 0.146. The van der Waals surface area contributed by atoms with E-state index in [2.05, 4.69) is 35.1 Å². The van der Waals surface area contributed by atoms with E-state index in [1.807, 2.05) is 41.5 Å². The summed E-state index contributed by atoms with van der Waals surface area (Å²) in [6, 6.07) is -4.00. The minimum Gasteiger partial charge on any atom is -0.363 e. The van der Waals surface area contributed by atoms with Gasteiger partial charge in [-0.15, -0.1) is 0 Å². The lowest BCUT2D eigenvalue weighted by atomic mass is 9.59. The van der Waals surface area contributed by atoms with Gasteiger partial charge in [0.25, 0.3) is 5.91 Å². The van der Waals surface area contributed by atoms with Crippen LogP contribution in [-0.4, -0.2) is 83.1 Å². The molecule has 1 aliphatic heterocycles. The molecule has 3 saturated carbocycles. The van der Waals surface area contributed by atoms with Crippen LogP contribution in [0.5, 0.6) is 0 Å². The SMILES string of the molecule is CC(C)[C@@]1(C2CCC2)C[C@@H](C(=O)NC(CC2CCC2)C(=O)C(N)=O)N(C(=O)[C@@H](NC(=O)N[C@H](CNC(=O)C2(N)CCCCC2)C(C)(C)C)C(C)(C)C)C1. The fourth-order valence-electron chi connectivity index (χ4n) is 8.83. The van der Waals surface area contributed by atoms with Crippen LogP contribution in [0.2, 0.25) is 0 Å². The van der Waals surface area contributed by atoms with E-state index in [9.17, 15) is 28.8 Å². The molecule has 1 heterocycles. The maximum absolute atomic E-state index is 14.8. The van der Waals surface area contributed by atoms with Crippen molar-refractivity contribution in [1.82, 2.24) is 26.2 Å². The Morgan fingerprint density at radius 3 is 1.89 bits per heavy atom. The van der Waals surface area contributed by atoms with Crippen molar-refractivity contribution in [2.45, 2.75) is 169 Å². The Kier molecular flexibility index (Phi) is 13.4. The number of nitrogens with two attached hydrogens (primary N) is 2. The van der Waals surface area contributed by atoms with Gasteiger partial charge in [-0.1, -0.05) is 100 Å². The Morgan fingerprint density at radius 1 is 0.811 bits per heavy atom. The maximum atomic E-state index is 14.8. The second kappa shape index (κ2) is 16.7. The first-order valence-corrected chi connectivity index (χ1v) is 20.2. The normalized spacial score (nSPS) is 25.3. The lowest BCUT2D eigenvalue weighted by molar-refractivity contribution is -0.143. The van der Waals surface area contributed by atoms with E-state index in [0.717, 1.165) is 57.8 Å². The molecule has 0 bridgehead atoms. The maximum Gasteiger partial charge on any atom is 0.315 e. The molecule has 6 amide bonds. The highest BCUT2D eigenvalue weighted by atomic mass is 16.2. The van der Waals surface area contributed by atoms with Gasteiger partial charge in [0.05, 0.1) is 17.6 Å². The predicted octanol–water partition coefficient (Wildman–Crippen LogP) is 3.67.